The van der Waals surface area contributed by atoms with Crippen molar-refractivity contribution in [2.75, 3.05) is 0 Å². The Kier molecular flexibility index (Phi) is 5.94. The van der Waals surface area contributed by atoms with Gasteiger partial charge >= 0.3 is 5.97 Å². The van der Waals surface area contributed by atoms with E-state index in [-0.39, 0.29) is 18.1 Å². The van der Waals surface area contributed by atoms with E-state index in [1.54, 1.807) is 0 Å². The van der Waals surface area contributed by atoms with E-state index in [4.69, 9.17) is 9.47 Å². The smallest absolute Gasteiger partial charge is 0.356 e. The molecule has 1 saturated heterocycles. The van der Waals surface area contributed by atoms with Crippen molar-refractivity contribution in [2.45, 2.75) is 70.0 Å². The fourth-order valence-electron chi connectivity index (χ4n) is 4.91. The summed E-state index contributed by atoms with van der Waals surface area (Å²) in [5.41, 5.74) is 0.991. The van der Waals surface area contributed by atoms with Crippen LogP contribution in [0.5, 0.6) is 5.75 Å². The van der Waals surface area contributed by atoms with Gasteiger partial charge < -0.3 is 9.47 Å². The van der Waals surface area contributed by atoms with E-state index < -0.39 is 17.7 Å². The second-order valence-corrected chi connectivity index (χ2v) is 8.97. The van der Waals surface area contributed by atoms with E-state index in [2.05, 4.69) is 13.8 Å². The van der Waals surface area contributed by atoms with Crippen molar-refractivity contribution in [3.8, 4) is 5.75 Å². The van der Waals surface area contributed by atoms with Crippen LogP contribution in [0.15, 0.2) is 54.6 Å². The Hall–Kier alpha value is -2.62. The van der Waals surface area contributed by atoms with Crippen LogP contribution in [-0.4, -0.2) is 17.9 Å². The number of rotatable bonds is 6. The summed E-state index contributed by atoms with van der Waals surface area (Å²) >= 11 is 0. The number of hydrogen-bond acceptors (Lipinski definition) is 4. The van der Waals surface area contributed by atoms with Crippen LogP contribution in [0, 0.1) is 5.92 Å². The van der Waals surface area contributed by atoms with Gasteiger partial charge in [-0.05, 0) is 35.4 Å². The fourth-order valence-corrected chi connectivity index (χ4v) is 4.91. The van der Waals surface area contributed by atoms with Crippen LogP contribution >= 0.6 is 0 Å². The van der Waals surface area contributed by atoms with E-state index >= 15 is 0 Å². The molecule has 1 aliphatic carbocycles. The molecule has 0 N–H and O–H groups in total. The highest BCUT2D eigenvalue weighted by Gasteiger charge is 2.50. The van der Waals surface area contributed by atoms with Crippen LogP contribution < -0.4 is 4.74 Å². The second kappa shape index (κ2) is 8.63. The predicted molar refractivity (Wildman–Crippen MR) is 115 cm³/mol. The average molecular weight is 407 g/mol. The summed E-state index contributed by atoms with van der Waals surface area (Å²) in [7, 11) is 0. The molecule has 2 aromatic carbocycles. The lowest BCUT2D eigenvalue weighted by Gasteiger charge is -2.40. The quantitative estimate of drug-likeness (QED) is 0.466. The molecular formula is C26H30O4. The van der Waals surface area contributed by atoms with Crippen LogP contribution in [0.1, 0.15) is 69.4 Å². The van der Waals surface area contributed by atoms with Gasteiger partial charge in [-0.25, -0.2) is 4.79 Å². The summed E-state index contributed by atoms with van der Waals surface area (Å²) in [6.45, 7) is 4.12. The van der Waals surface area contributed by atoms with Crippen LogP contribution in [0.3, 0.4) is 0 Å². The molecule has 2 aliphatic rings. The third-order valence-electron chi connectivity index (χ3n) is 6.44. The van der Waals surface area contributed by atoms with Gasteiger partial charge in [0.05, 0.1) is 6.42 Å². The van der Waals surface area contributed by atoms with Crippen molar-refractivity contribution in [2.24, 2.45) is 5.92 Å². The van der Waals surface area contributed by atoms with E-state index in [9.17, 15) is 9.59 Å². The minimum Gasteiger partial charge on any atom is -0.470 e. The zero-order valence-electron chi connectivity index (χ0n) is 17.8. The zero-order chi connectivity index (χ0) is 21.1. The van der Waals surface area contributed by atoms with Crippen molar-refractivity contribution >= 4 is 11.8 Å². The van der Waals surface area contributed by atoms with Gasteiger partial charge in [-0.15, -0.1) is 0 Å². The number of carbonyl (C=O) groups excluding carboxylic acids is 2. The van der Waals surface area contributed by atoms with E-state index in [0.717, 1.165) is 24.0 Å². The Morgan fingerprint density at radius 3 is 2.33 bits per heavy atom. The molecule has 0 spiro atoms. The molecular weight excluding hydrogens is 376 g/mol. The molecule has 1 aliphatic heterocycles. The number of carbonyl (C=O) groups is 2. The highest BCUT2D eigenvalue weighted by molar-refractivity contribution is 6.05. The Morgan fingerprint density at radius 1 is 1.00 bits per heavy atom. The number of para-hydroxylation sites is 1. The first-order valence-corrected chi connectivity index (χ1v) is 11.1. The molecule has 1 saturated carbocycles. The minimum absolute atomic E-state index is 0.160. The maximum atomic E-state index is 13.2. The summed E-state index contributed by atoms with van der Waals surface area (Å²) in [5.74, 6) is 0.496. The highest BCUT2D eigenvalue weighted by Crippen LogP contribution is 2.44. The molecule has 4 nitrogen and oxygen atoms in total. The molecule has 1 heterocycles. The number of ketones is 1. The second-order valence-electron chi connectivity index (χ2n) is 8.97. The number of Topliss-reactive ketones (excluding diaryl/α,β-unsaturated/α-hetero) is 1. The molecule has 30 heavy (non-hydrogen) atoms. The number of ether oxygens (including phenoxy) is 2. The normalized spacial score (nSPS) is 24.8. The van der Waals surface area contributed by atoms with Crippen molar-refractivity contribution in [3.63, 3.8) is 0 Å². The third-order valence-corrected chi connectivity index (χ3v) is 6.44. The Morgan fingerprint density at radius 2 is 1.67 bits per heavy atom. The molecule has 0 aromatic heterocycles. The Bertz CT molecular complexity index is 878. The molecule has 0 amide bonds. The molecule has 0 radical (unpaired) electrons. The van der Waals surface area contributed by atoms with Crippen molar-refractivity contribution < 1.29 is 19.1 Å². The maximum Gasteiger partial charge on any atom is 0.356 e. The van der Waals surface area contributed by atoms with Gasteiger partial charge in [-0.3, -0.25) is 4.79 Å². The summed E-state index contributed by atoms with van der Waals surface area (Å²) < 4.78 is 12.0. The van der Waals surface area contributed by atoms with Gasteiger partial charge in [-0.1, -0.05) is 88.1 Å². The molecule has 2 fully saturated rings. The molecule has 2 atom stereocenters. The van der Waals surface area contributed by atoms with Gasteiger partial charge in [0.15, 0.2) is 5.78 Å². The summed E-state index contributed by atoms with van der Waals surface area (Å²) in [4.78, 5) is 26.3. The van der Waals surface area contributed by atoms with Gasteiger partial charge in [0.2, 0.25) is 0 Å². The Balaban J connectivity index is 1.60. The molecule has 2 aromatic rings. The lowest BCUT2D eigenvalue weighted by molar-refractivity contribution is -0.185. The zero-order valence-corrected chi connectivity index (χ0v) is 17.8. The van der Waals surface area contributed by atoms with Gasteiger partial charge in [0.25, 0.3) is 6.10 Å². The standard InChI is InChI=1S/C26H30O4/c1-18(2)21-14-8-9-15-23(21)29-24-22(27)17-26(30-25(24)28,16-19-10-6-7-11-19)20-12-4-3-5-13-20/h3-5,8-9,12-15,18-19,24H,6-7,10-11,16-17H2,1-2H3. The van der Waals surface area contributed by atoms with Crippen molar-refractivity contribution in [1.82, 2.24) is 0 Å². The number of hydrogen-bond donors (Lipinski definition) is 0. The maximum absolute atomic E-state index is 13.2. The third kappa shape index (κ3) is 4.14. The van der Waals surface area contributed by atoms with E-state index in [1.165, 1.54) is 12.8 Å². The summed E-state index contributed by atoms with van der Waals surface area (Å²) in [5, 5.41) is 0. The van der Waals surface area contributed by atoms with Crippen molar-refractivity contribution in [1.29, 1.82) is 0 Å². The lowest BCUT2D eigenvalue weighted by atomic mass is 9.78. The first kappa shape index (κ1) is 20.6. The SMILES string of the molecule is CC(C)c1ccccc1OC1C(=O)CC(CC2CCCC2)(c2ccccc2)OC1=O. The number of benzene rings is 2. The van der Waals surface area contributed by atoms with Crippen LogP contribution in [0.4, 0.5) is 0 Å². The fraction of sp³-hybridized carbons (Fsp3) is 0.462. The molecule has 158 valence electrons. The lowest BCUT2D eigenvalue weighted by Crippen LogP contribution is -2.51. The van der Waals surface area contributed by atoms with Crippen LogP contribution in [-0.2, 0) is 19.9 Å². The molecule has 4 rings (SSSR count). The summed E-state index contributed by atoms with van der Waals surface area (Å²) in [6, 6.07) is 17.3. The summed E-state index contributed by atoms with van der Waals surface area (Å²) in [6.07, 6.45) is 4.32. The molecule has 2 unspecified atom stereocenters. The van der Waals surface area contributed by atoms with Gasteiger partial charge in [0.1, 0.15) is 11.4 Å². The molecule has 0 bridgehead atoms. The van der Waals surface area contributed by atoms with Crippen LogP contribution in [0.2, 0.25) is 0 Å². The van der Waals surface area contributed by atoms with Crippen LogP contribution in [0.25, 0.3) is 0 Å². The van der Waals surface area contributed by atoms with Crippen molar-refractivity contribution in [3.05, 3.63) is 65.7 Å². The predicted octanol–water partition coefficient (Wildman–Crippen LogP) is 5.55. The number of esters is 1. The first-order valence-electron chi connectivity index (χ1n) is 11.1. The number of cyclic esters (lactones) is 1. The molecule has 4 heteroatoms. The van der Waals surface area contributed by atoms with E-state index in [1.807, 2.05) is 54.6 Å². The Labute approximate surface area is 178 Å². The van der Waals surface area contributed by atoms with Gasteiger partial charge in [0, 0.05) is 0 Å². The largest absolute Gasteiger partial charge is 0.470 e. The van der Waals surface area contributed by atoms with E-state index in [0.29, 0.717) is 18.1 Å². The highest BCUT2D eigenvalue weighted by atomic mass is 16.6. The van der Waals surface area contributed by atoms with Gasteiger partial charge in [-0.2, -0.15) is 0 Å². The first-order chi connectivity index (χ1) is 14.5. The topological polar surface area (TPSA) is 52.6 Å². The minimum atomic E-state index is -1.20. The monoisotopic (exact) mass is 406 g/mol. The average Bonchev–Trinajstić information content (AvgIpc) is 3.24.